The van der Waals surface area contributed by atoms with Crippen LogP contribution in [0.3, 0.4) is 0 Å². The van der Waals surface area contributed by atoms with Gasteiger partial charge in [0.1, 0.15) is 5.75 Å². The number of carbonyl (C=O) groups is 1. The van der Waals surface area contributed by atoms with Crippen LogP contribution in [0.5, 0.6) is 5.75 Å². The van der Waals surface area contributed by atoms with Crippen LogP contribution >= 0.6 is 11.3 Å². The molecule has 2 aromatic heterocycles. The van der Waals surface area contributed by atoms with Crippen molar-refractivity contribution in [1.82, 2.24) is 9.66 Å². The highest BCUT2D eigenvalue weighted by molar-refractivity contribution is 7.07. The molecule has 3 heterocycles. The molecule has 0 aliphatic carbocycles. The zero-order valence-electron chi connectivity index (χ0n) is 19.6. The maximum atomic E-state index is 11.8. The van der Waals surface area contributed by atoms with Crippen LogP contribution in [0.15, 0.2) is 113 Å². The molecule has 0 fully saturated rings. The maximum Gasteiger partial charge on any atom is 0.262 e. The molecular formula is C29H21N5O2S. The Balaban J connectivity index is 1.39. The molecule has 37 heavy (non-hydrogen) atoms. The third kappa shape index (κ3) is 4.96. The first kappa shape index (κ1) is 22.6. The van der Waals surface area contributed by atoms with E-state index < -0.39 is 0 Å². The molecule has 180 valence electrons. The molecule has 1 aliphatic rings. The first-order valence-corrected chi connectivity index (χ1v) is 12.5. The van der Waals surface area contributed by atoms with Gasteiger partial charge in [-0.15, -0.1) is 11.3 Å². The first-order valence-electron chi connectivity index (χ1n) is 11.7. The number of benzene rings is 3. The van der Waals surface area contributed by atoms with Gasteiger partial charge >= 0.3 is 0 Å². The van der Waals surface area contributed by atoms with Gasteiger partial charge in [0.15, 0.2) is 6.61 Å². The van der Waals surface area contributed by atoms with Crippen LogP contribution in [0.25, 0.3) is 22.4 Å². The lowest BCUT2D eigenvalue weighted by Gasteiger charge is -2.18. The van der Waals surface area contributed by atoms with E-state index in [4.69, 9.17) is 14.8 Å². The van der Waals surface area contributed by atoms with E-state index in [9.17, 15) is 4.79 Å². The molecule has 0 radical (unpaired) electrons. The molecule has 1 aliphatic heterocycles. The average Bonchev–Trinajstić information content (AvgIpc) is 3.35. The number of hydrogen-bond donors (Lipinski definition) is 1. The second kappa shape index (κ2) is 10.0. The summed E-state index contributed by atoms with van der Waals surface area (Å²) in [6.07, 6.45) is 5.24. The predicted molar refractivity (Wildman–Crippen MR) is 146 cm³/mol. The highest BCUT2D eigenvalue weighted by Crippen LogP contribution is 2.33. The molecule has 1 N–H and O–H groups in total. The summed E-state index contributed by atoms with van der Waals surface area (Å²) in [4.78, 5) is 21.5. The van der Waals surface area contributed by atoms with Crippen LogP contribution in [0.4, 0.5) is 11.4 Å². The zero-order chi connectivity index (χ0) is 25.0. The number of fused-ring (bicyclic) bond motifs is 1. The van der Waals surface area contributed by atoms with Crippen LogP contribution < -0.4 is 14.9 Å². The minimum Gasteiger partial charge on any atom is -0.482 e. The van der Waals surface area contributed by atoms with E-state index in [2.05, 4.69) is 34.6 Å². The molecule has 5 aromatic rings. The molecule has 3 aromatic carbocycles. The van der Waals surface area contributed by atoms with E-state index in [1.807, 2.05) is 72.3 Å². The normalized spacial score (nSPS) is 13.3. The molecule has 6 rings (SSSR count). The van der Waals surface area contributed by atoms with Crippen molar-refractivity contribution in [2.45, 2.75) is 0 Å². The van der Waals surface area contributed by atoms with E-state index >= 15 is 0 Å². The van der Waals surface area contributed by atoms with Gasteiger partial charge in [-0.2, -0.15) is 5.10 Å². The van der Waals surface area contributed by atoms with Gasteiger partial charge in [0.2, 0.25) is 4.80 Å². The fourth-order valence-corrected chi connectivity index (χ4v) is 4.83. The van der Waals surface area contributed by atoms with Gasteiger partial charge in [0, 0.05) is 17.1 Å². The summed E-state index contributed by atoms with van der Waals surface area (Å²) in [7, 11) is 0. The summed E-state index contributed by atoms with van der Waals surface area (Å²) in [6, 6.07) is 28.0. The number of nitrogens with one attached hydrogen (secondary N) is 1. The number of aromatic nitrogens is 2. The Hall–Kier alpha value is -4.82. The van der Waals surface area contributed by atoms with Gasteiger partial charge < -0.3 is 10.1 Å². The Morgan fingerprint density at radius 3 is 2.57 bits per heavy atom. The van der Waals surface area contributed by atoms with Crippen molar-refractivity contribution in [3.63, 3.8) is 0 Å². The molecule has 0 spiro atoms. The number of anilines is 1. The van der Waals surface area contributed by atoms with Crippen molar-refractivity contribution in [3.8, 4) is 28.1 Å². The number of thiazole rings is 1. The Kier molecular flexibility index (Phi) is 6.14. The van der Waals surface area contributed by atoms with Gasteiger partial charge in [-0.1, -0.05) is 54.6 Å². The zero-order valence-corrected chi connectivity index (χ0v) is 20.4. The number of ether oxygens (including phenoxy) is 1. The molecule has 8 heteroatoms. The molecule has 0 saturated carbocycles. The highest BCUT2D eigenvalue weighted by atomic mass is 32.1. The van der Waals surface area contributed by atoms with Crippen molar-refractivity contribution in [2.24, 2.45) is 10.1 Å². The van der Waals surface area contributed by atoms with Crippen molar-refractivity contribution in [1.29, 1.82) is 0 Å². The summed E-state index contributed by atoms with van der Waals surface area (Å²) in [6.45, 7) is 0.0201. The number of amides is 1. The van der Waals surface area contributed by atoms with E-state index in [1.54, 1.807) is 17.1 Å². The SMILES string of the molecule is O=C1COc2ccc(-c3csc(=Nc4cccnc4)n3N=Cc3ccc(-c4ccccc4)cc3)cc2N1. The Morgan fingerprint density at radius 1 is 0.946 bits per heavy atom. The van der Waals surface area contributed by atoms with Gasteiger partial charge in [-0.25, -0.2) is 9.67 Å². The fraction of sp³-hybridized carbons (Fsp3) is 0.0345. The summed E-state index contributed by atoms with van der Waals surface area (Å²) in [5.74, 6) is 0.472. The van der Waals surface area contributed by atoms with E-state index in [0.29, 0.717) is 16.2 Å². The lowest BCUT2D eigenvalue weighted by atomic mass is 10.0. The van der Waals surface area contributed by atoms with Crippen LogP contribution in [0, 0.1) is 0 Å². The summed E-state index contributed by atoms with van der Waals surface area (Å²) >= 11 is 1.47. The molecule has 0 bridgehead atoms. The Morgan fingerprint density at radius 2 is 1.76 bits per heavy atom. The number of hydrogen-bond acceptors (Lipinski definition) is 6. The molecule has 1 amide bonds. The Labute approximate surface area is 217 Å². The third-order valence-electron chi connectivity index (χ3n) is 5.80. The number of nitrogens with zero attached hydrogens (tertiary/aromatic N) is 4. The van der Waals surface area contributed by atoms with Gasteiger partial charge in [-0.3, -0.25) is 9.78 Å². The molecule has 0 unspecified atom stereocenters. The maximum absolute atomic E-state index is 11.8. The second-order valence-electron chi connectivity index (χ2n) is 8.32. The van der Waals surface area contributed by atoms with Gasteiger partial charge in [0.25, 0.3) is 5.91 Å². The second-order valence-corrected chi connectivity index (χ2v) is 9.16. The van der Waals surface area contributed by atoms with Crippen LogP contribution in [0.2, 0.25) is 0 Å². The quantitative estimate of drug-likeness (QED) is 0.311. The minimum absolute atomic E-state index is 0.0201. The van der Waals surface area contributed by atoms with Crippen molar-refractivity contribution in [3.05, 3.63) is 113 Å². The van der Waals surface area contributed by atoms with E-state index in [-0.39, 0.29) is 12.5 Å². The van der Waals surface area contributed by atoms with Gasteiger partial charge in [-0.05, 0) is 47.0 Å². The monoisotopic (exact) mass is 503 g/mol. The number of pyridine rings is 1. The topological polar surface area (TPSA) is 80.9 Å². The van der Waals surface area contributed by atoms with Crippen molar-refractivity contribution >= 4 is 34.8 Å². The summed E-state index contributed by atoms with van der Waals surface area (Å²) < 4.78 is 7.32. The van der Waals surface area contributed by atoms with E-state index in [1.165, 1.54) is 16.9 Å². The summed E-state index contributed by atoms with van der Waals surface area (Å²) in [5.41, 5.74) is 6.37. The highest BCUT2D eigenvalue weighted by Gasteiger charge is 2.18. The van der Waals surface area contributed by atoms with Gasteiger partial charge in [0.05, 0.1) is 29.5 Å². The molecule has 7 nitrogen and oxygen atoms in total. The van der Waals surface area contributed by atoms with Crippen LogP contribution in [-0.2, 0) is 4.79 Å². The lowest BCUT2D eigenvalue weighted by Crippen LogP contribution is -2.25. The standard InChI is InChI=1S/C29H21N5O2S/c35-28-18-36-27-13-12-23(15-25(27)33-28)26-19-37-29(32-24-7-4-14-30-17-24)34(26)31-16-20-8-10-22(11-9-20)21-5-2-1-3-6-21/h1-17,19H,18H2,(H,33,35). The number of rotatable bonds is 5. The Bertz CT molecular complexity index is 1660. The smallest absolute Gasteiger partial charge is 0.262 e. The average molecular weight is 504 g/mol. The molecule has 0 atom stereocenters. The van der Waals surface area contributed by atoms with E-state index in [0.717, 1.165) is 28.1 Å². The van der Waals surface area contributed by atoms with Crippen LogP contribution in [-0.4, -0.2) is 28.4 Å². The van der Waals surface area contributed by atoms with Crippen LogP contribution in [0.1, 0.15) is 5.56 Å². The fourth-order valence-electron chi connectivity index (χ4n) is 3.98. The number of carbonyl (C=O) groups excluding carboxylic acids is 1. The van der Waals surface area contributed by atoms with Crippen molar-refractivity contribution in [2.75, 3.05) is 11.9 Å². The minimum atomic E-state index is -0.174. The largest absolute Gasteiger partial charge is 0.482 e. The molecular weight excluding hydrogens is 482 g/mol. The lowest BCUT2D eigenvalue weighted by molar-refractivity contribution is -0.118. The third-order valence-corrected chi connectivity index (χ3v) is 6.62. The summed E-state index contributed by atoms with van der Waals surface area (Å²) in [5, 5.41) is 9.68. The molecule has 0 saturated heterocycles. The van der Waals surface area contributed by atoms with Crippen molar-refractivity contribution < 1.29 is 9.53 Å². The predicted octanol–water partition coefficient (Wildman–Crippen LogP) is 5.72. The first-order chi connectivity index (χ1) is 18.2.